The number of hydrogen-bond acceptors (Lipinski definition) is 4. The van der Waals surface area contributed by atoms with Gasteiger partial charge in [0.15, 0.2) is 5.76 Å². The minimum absolute atomic E-state index is 0.0224. The van der Waals surface area contributed by atoms with E-state index in [9.17, 15) is 9.59 Å². The maximum absolute atomic E-state index is 12.6. The molecule has 1 aliphatic rings. The predicted molar refractivity (Wildman–Crippen MR) is 92.6 cm³/mol. The number of piperazine rings is 1. The van der Waals surface area contributed by atoms with Crippen LogP contribution in [0.1, 0.15) is 30.9 Å². The van der Waals surface area contributed by atoms with Crippen molar-refractivity contribution in [2.24, 2.45) is 0 Å². The van der Waals surface area contributed by atoms with Crippen molar-refractivity contribution in [2.75, 3.05) is 13.1 Å². The van der Waals surface area contributed by atoms with Gasteiger partial charge >= 0.3 is 0 Å². The lowest BCUT2D eigenvalue weighted by molar-refractivity contribution is -0.155. The van der Waals surface area contributed by atoms with Crippen LogP contribution < -0.4 is 0 Å². The topological polar surface area (TPSA) is 66.7 Å². The van der Waals surface area contributed by atoms with Crippen molar-refractivity contribution in [3.63, 3.8) is 0 Å². The van der Waals surface area contributed by atoms with Gasteiger partial charge in [0.25, 0.3) is 0 Å². The Kier molecular flexibility index (Phi) is 5.16. The molecule has 1 saturated heterocycles. The van der Waals surface area contributed by atoms with Crippen LogP contribution in [0.4, 0.5) is 0 Å². The monoisotopic (exact) mass is 341 g/mol. The maximum Gasteiger partial charge on any atom is 0.245 e. The molecule has 2 amide bonds. The highest BCUT2D eigenvalue weighted by Crippen LogP contribution is 2.17. The summed E-state index contributed by atoms with van der Waals surface area (Å²) < 4.78 is 5.25. The number of rotatable bonds is 6. The molecule has 132 valence electrons. The summed E-state index contributed by atoms with van der Waals surface area (Å²) in [7, 11) is 0. The number of nitrogens with zero attached hydrogens (tertiary/aromatic N) is 3. The van der Waals surface area contributed by atoms with Crippen molar-refractivity contribution in [1.29, 1.82) is 0 Å². The fraction of sp³-hybridized carbons (Fsp3) is 0.421. The molecule has 1 atom stereocenters. The van der Waals surface area contributed by atoms with Crippen LogP contribution in [0.5, 0.6) is 0 Å². The van der Waals surface area contributed by atoms with Gasteiger partial charge in [0.05, 0.1) is 18.8 Å². The third-order valence-corrected chi connectivity index (χ3v) is 4.59. The largest absolute Gasteiger partial charge is 0.359 e. The molecule has 1 aliphatic heterocycles. The Bertz CT molecular complexity index is 741. The van der Waals surface area contributed by atoms with Gasteiger partial charge in [0.1, 0.15) is 6.04 Å². The molecule has 1 fully saturated rings. The average Bonchev–Trinajstić information content (AvgIpc) is 3.09. The lowest BCUT2D eigenvalue weighted by Gasteiger charge is -2.38. The molecule has 2 heterocycles. The summed E-state index contributed by atoms with van der Waals surface area (Å²) in [5.74, 6) is 0.531. The molecule has 6 heteroatoms. The number of hydrogen-bond donors (Lipinski definition) is 0. The van der Waals surface area contributed by atoms with Gasteiger partial charge < -0.3 is 14.3 Å². The highest BCUT2D eigenvalue weighted by atomic mass is 16.5. The van der Waals surface area contributed by atoms with E-state index in [1.54, 1.807) is 16.7 Å². The lowest BCUT2D eigenvalue weighted by atomic mass is 10.1. The number of carbonyl (C=O) groups is 2. The number of benzene rings is 1. The van der Waals surface area contributed by atoms with Crippen molar-refractivity contribution in [3.8, 4) is 0 Å². The molecule has 0 bridgehead atoms. The molecule has 6 nitrogen and oxygen atoms in total. The van der Waals surface area contributed by atoms with Crippen LogP contribution in [0.3, 0.4) is 0 Å². The first-order valence-electron chi connectivity index (χ1n) is 8.65. The molecule has 25 heavy (non-hydrogen) atoms. The van der Waals surface area contributed by atoms with E-state index in [4.69, 9.17) is 4.52 Å². The van der Waals surface area contributed by atoms with E-state index in [0.717, 1.165) is 24.1 Å². The van der Waals surface area contributed by atoms with Gasteiger partial charge in [-0.05, 0) is 25.3 Å². The minimum Gasteiger partial charge on any atom is -0.359 e. The van der Waals surface area contributed by atoms with Crippen molar-refractivity contribution < 1.29 is 14.1 Å². The number of aryl methyl sites for hydroxylation is 1. The number of amides is 2. The van der Waals surface area contributed by atoms with Crippen LogP contribution in [0.15, 0.2) is 40.9 Å². The normalized spacial score (nSPS) is 18.1. The summed E-state index contributed by atoms with van der Waals surface area (Å²) >= 11 is 0. The summed E-state index contributed by atoms with van der Waals surface area (Å²) in [6.07, 6.45) is 1.52. The Morgan fingerprint density at radius 2 is 2.00 bits per heavy atom. The standard InChI is InChI=1S/C19H23N3O3/c1-3-16-11-17(25-20-16)12-22-14(2)19(24)21(13-18(22)23)10-9-15-7-5-4-6-8-15/h4-8,11,14H,3,9-10,12-13H2,1-2H3/t14-/m0/s1. The summed E-state index contributed by atoms with van der Waals surface area (Å²) in [4.78, 5) is 28.4. The van der Waals surface area contributed by atoms with E-state index in [-0.39, 0.29) is 24.9 Å². The molecular weight excluding hydrogens is 318 g/mol. The minimum atomic E-state index is -0.493. The summed E-state index contributed by atoms with van der Waals surface area (Å²) in [5.41, 5.74) is 2.01. The first kappa shape index (κ1) is 17.2. The van der Waals surface area contributed by atoms with Crippen LogP contribution >= 0.6 is 0 Å². The van der Waals surface area contributed by atoms with Gasteiger partial charge in [0.2, 0.25) is 11.8 Å². The highest BCUT2D eigenvalue weighted by Gasteiger charge is 2.36. The van der Waals surface area contributed by atoms with E-state index < -0.39 is 6.04 Å². The second-order valence-corrected chi connectivity index (χ2v) is 6.33. The quantitative estimate of drug-likeness (QED) is 0.806. The second kappa shape index (κ2) is 7.51. The highest BCUT2D eigenvalue weighted by molar-refractivity contribution is 5.94. The second-order valence-electron chi connectivity index (χ2n) is 6.33. The van der Waals surface area contributed by atoms with Gasteiger partial charge in [-0.3, -0.25) is 9.59 Å². The van der Waals surface area contributed by atoms with Crippen molar-refractivity contribution in [3.05, 3.63) is 53.4 Å². The van der Waals surface area contributed by atoms with Crippen molar-refractivity contribution in [2.45, 2.75) is 39.3 Å². The molecule has 1 aromatic heterocycles. The molecule has 0 saturated carbocycles. The van der Waals surface area contributed by atoms with Gasteiger partial charge in [-0.25, -0.2) is 0 Å². The van der Waals surface area contributed by atoms with Crippen LogP contribution in [0, 0.1) is 0 Å². The Morgan fingerprint density at radius 1 is 1.24 bits per heavy atom. The SMILES string of the molecule is CCc1cc(CN2C(=O)CN(CCc3ccccc3)C(=O)[C@@H]2C)on1. The Morgan fingerprint density at radius 3 is 2.68 bits per heavy atom. The van der Waals surface area contributed by atoms with E-state index >= 15 is 0 Å². The molecule has 0 radical (unpaired) electrons. The molecule has 2 aromatic rings. The average molecular weight is 341 g/mol. The summed E-state index contributed by atoms with van der Waals surface area (Å²) in [6, 6.07) is 11.3. The molecule has 0 aliphatic carbocycles. The first-order chi connectivity index (χ1) is 12.1. The third-order valence-electron chi connectivity index (χ3n) is 4.59. The van der Waals surface area contributed by atoms with Crippen molar-refractivity contribution in [1.82, 2.24) is 15.0 Å². The predicted octanol–water partition coefficient (Wildman–Crippen LogP) is 2.04. The smallest absolute Gasteiger partial charge is 0.245 e. The Labute approximate surface area is 147 Å². The van der Waals surface area contributed by atoms with E-state index in [1.807, 2.05) is 43.3 Å². The van der Waals surface area contributed by atoms with Gasteiger partial charge in [-0.1, -0.05) is 42.4 Å². The zero-order valence-corrected chi connectivity index (χ0v) is 14.6. The van der Waals surface area contributed by atoms with Gasteiger partial charge in [-0.15, -0.1) is 0 Å². The summed E-state index contributed by atoms with van der Waals surface area (Å²) in [5, 5.41) is 3.94. The van der Waals surface area contributed by atoms with Crippen molar-refractivity contribution >= 4 is 11.8 Å². The van der Waals surface area contributed by atoms with Crippen LogP contribution in [-0.4, -0.2) is 45.9 Å². The molecule has 1 aromatic carbocycles. The van der Waals surface area contributed by atoms with Crippen LogP contribution in [0.2, 0.25) is 0 Å². The lowest BCUT2D eigenvalue weighted by Crippen LogP contribution is -2.58. The molecular formula is C19H23N3O3. The van der Waals surface area contributed by atoms with Gasteiger partial charge in [-0.2, -0.15) is 0 Å². The number of carbonyl (C=O) groups excluding carboxylic acids is 2. The van der Waals surface area contributed by atoms with E-state index in [0.29, 0.717) is 12.3 Å². The van der Waals surface area contributed by atoms with E-state index in [2.05, 4.69) is 5.16 Å². The summed E-state index contributed by atoms with van der Waals surface area (Å²) in [6.45, 7) is 4.71. The molecule has 0 N–H and O–H groups in total. The zero-order valence-electron chi connectivity index (χ0n) is 14.6. The number of aromatic nitrogens is 1. The first-order valence-corrected chi connectivity index (χ1v) is 8.65. The fourth-order valence-corrected chi connectivity index (χ4v) is 3.03. The van der Waals surface area contributed by atoms with Gasteiger partial charge in [0, 0.05) is 12.6 Å². The van der Waals surface area contributed by atoms with Crippen LogP contribution in [-0.2, 0) is 29.0 Å². The molecule has 3 rings (SSSR count). The Hall–Kier alpha value is -2.63. The van der Waals surface area contributed by atoms with Crippen LogP contribution in [0.25, 0.3) is 0 Å². The zero-order chi connectivity index (χ0) is 17.8. The van der Waals surface area contributed by atoms with E-state index in [1.165, 1.54) is 0 Å². The maximum atomic E-state index is 12.6. The fourth-order valence-electron chi connectivity index (χ4n) is 3.03. The Balaban J connectivity index is 1.62. The third kappa shape index (κ3) is 3.90. The molecule has 0 unspecified atom stereocenters. The molecule has 0 spiro atoms.